The van der Waals surface area contributed by atoms with E-state index in [0.717, 1.165) is 5.39 Å². The van der Waals surface area contributed by atoms with Gasteiger partial charge in [0.15, 0.2) is 0 Å². The van der Waals surface area contributed by atoms with Crippen molar-refractivity contribution in [2.24, 2.45) is 17.8 Å². The Morgan fingerprint density at radius 1 is 1.25 bits per heavy atom. The number of nitrogens with one attached hydrogen (secondary N) is 1. The smallest absolute Gasteiger partial charge is 0.407 e. The van der Waals surface area contributed by atoms with Gasteiger partial charge in [-0.2, -0.15) is 0 Å². The van der Waals surface area contributed by atoms with Crippen molar-refractivity contribution in [3.05, 3.63) is 28.6 Å². The summed E-state index contributed by atoms with van der Waals surface area (Å²) in [7, 11) is 0. The molecule has 0 radical (unpaired) electrons. The predicted molar refractivity (Wildman–Crippen MR) is 88.3 cm³/mol. The fourth-order valence-electron chi connectivity index (χ4n) is 3.43. The lowest BCUT2D eigenvalue weighted by Gasteiger charge is -2.15. The van der Waals surface area contributed by atoms with Gasteiger partial charge in [0.05, 0.1) is 0 Å². The third-order valence-corrected chi connectivity index (χ3v) is 5.14. The number of piperidine rings is 1. The zero-order valence-electron chi connectivity index (χ0n) is 12.2. The molecule has 2 amide bonds. The van der Waals surface area contributed by atoms with E-state index in [1.807, 2.05) is 0 Å². The Bertz CT molecular complexity index is 863. The van der Waals surface area contributed by atoms with Crippen molar-refractivity contribution in [1.29, 1.82) is 0 Å². The summed E-state index contributed by atoms with van der Waals surface area (Å²) in [5, 5.41) is 13.6. The molecule has 24 heavy (non-hydrogen) atoms. The number of carboxylic acid groups (broad SMARTS) is 1. The minimum Gasteiger partial charge on any atom is -0.465 e. The van der Waals surface area contributed by atoms with E-state index in [9.17, 15) is 9.59 Å². The molecule has 1 aliphatic carbocycles. The summed E-state index contributed by atoms with van der Waals surface area (Å²) in [5.74, 6) is 0.339. The van der Waals surface area contributed by atoms with Gasteiger partial charge in [0, 0.05) is 30.6 Å². The molecule has 2 fully saturated rings. The molecule has 0 bridgehead atoms. The Kier molecular flexibility index (Phi) is 3.51. The highest BCUT2D eigenvalue weighted by Crippen LogP contribution is 2.52. The second-order valence-corrected chi connectivity index (χ2v) is 6.80. The molecule has 1 aliphatic heterocycles. The van der Waals surface area contributed by atoms with Crippen LogP contribution in [-0.4, -0.2) is 45.1 Å². The quantitative estimate of drug-likeness (QED) is 0.796. The first kappa shape index (κ1) is 15.4. The number of rotatable bonds is 2. The van der Waals surface area contributed by atoms with Crippen molar-refractivity contribution in [2.45, 2.75) is 0 Å². The van der Waals surface area contributed by atoms with Crippen LogP contribution in [0, 0.1) is 17.8 Å². The molecule has 2 aromatic heterocycles. The summed E-state index contributed by atoms with van der Waals surface area (Å²) in [5.41, 5.74) is 0. The first-order valence-corrected chi connectivity index (χ1v) is 8.10. The number of pyridine rings is 2. The number of carbonyl (C=O) groups is 2. The number of fused-ring (bicyclic) bond motifs is 2. The Morgan fingerprint density at radius 2 is 1.96 bits per heavy atom. The highest BCUT2D eigenvalue weighted by Gasteiger charge is 2.60. The van der Waals surface area contributed by atoms with Gasteiger partial charge < -0.3 is 15.3 Å². The predicted octanol–water partition coefficient (Wildman–Crippen LogP) is 2.73. The maximum absolute atomic E-state index is 12.4. The second-order valence-electron chi connectivity index (χ2n) is 6.06. The summed E-state index contributed by atoms with van der Waals surface area (Å²) in [6.45, 7) is 0.834. The van der Waals surface area contributed by atoms with Crippen molar-refractivity contribution in [3.8, 4) is 0 Å². The molecule has 2 aromatic rings. The summed E-state index contributed by atoms with van der Waals surface area (Å²) in [4.78, 5) is 32.7. The number of halogens is 2. The molecule has 1 saturated carbocycles. The summed E-state index contributed by atoms with van der Waals surface area (Å²) in [6, 6.07) is 3.34. The average molecular weight is 367 g/mol. The zero-order chi connectivity index (χ0) is 17.0. The first-order chi connectivity index (χ1) is 11.4. The van der Waals surface area contributed by atoms with E-state index in [2.05, 4.69) is 15.3 Å². The molecule has 1 saturated heterocycles. The molecule has 3 heterocycles. The van der Waals surface area contributed by atoms with Gasteiger partial charge in [-0.1, -0.05) is 23.2 Å². The summed E-state index contributed by atoms with van der Waals surface area (Å²) < 4.78 is 0. The largest absolute Gasteiger partial charge is 0.465 e. The summed E-state index contributed by atoms with van der Waals surface area (Å²) in [6.07, 6.45) is 0.608. The topological polar surface area (TPSA) is 95.4 Å². The minimum absolute atomic E-state index is 0.106. The highest BCUT2D eigenvalue weighted by molar-refractivity contribution is 6.36. The van der Waals surface area contributed by atoms with E-state index >= 15 is 0 Å². The zero-order valence-corrected chi connectivity index (χ0v) is 13.8. The molecule has 2 unspecified atom stereocenters. The Hall–Kier alpha value is -2.12. The van der Waals surface area contributed by atoms with E-state index in [0.29, 0.717) is 24.3 Å². The van der Waals surface area contributed by atoms with Gasteiger partial charge in [-0.05, 0) is 29.4 Å². The SMILES string of the molecule is O=C(Nc1cc2cc(Cl)nc(Cl)c2cn1)C1C2CN(C(=O)O)CC21. The van der Waals surface area contributed by atoms with Crippen molar-refractivity contribution in [1.82, 2.24) is 14.9 Å². The number of likely N-dealkylation sites (tertiary alicyclic amines) is 1. The maximum atomic E-state index is 12.4. The van der Waals surface area contributed by atoms with Crippen LogP contribution < -0.4 is 5.32 Å². The van der Waals surface area contributed by atoms with Gasteiger partial charge >= 0.3 is 6.09 Å². The molecular formula is C15H12Cl2N4O3. The molecule has 0 spiro atoms. The number of hydrogen-bond acceptors (Lipinski definition) is 4. The maximum Gasteiger partial charge on any atom is 0.407 e. The second kappa shape index (κ2) is 5.46. The lowest BCUT2D eigenvalue weighted by Crippen LogP contribution is -2.32. The molecule has 2 atom stereocenters. The van der Waals surface area contributed by atoms with E-state index in [4.69, 9.17) is 28.3 Å². The molecule has 124 valence electrons. The molecule has 2 aliphatic rings. The molecular weight excluding hydrogens is 355 g/mol. The van der Waals surface area contributed by atoms with Gasteiger partial charge in [-0.15, -0.1) is 0 Å². The van der Waals surface area contributed by atoms with Gasteiger partial charge in [0.2, 0.25) is 5.91 Å². The molecule has 9 heteroatoms. The van der Waals surface area contributed by atoms with Gasteiger partial charge in [0.1, 0.15) is 16.1 Å². The number of aromatic nitrogens is 2. The highest BCUT2D eigenvalue weighted by atomic mass is 35.5. The summed E-state index contributed by atoms with van der Waals surface area (Å²) >= 11 is 11.9. The lowest BCUT2D eigenvalue weighted by molar-refractivity contribution is -0.118. The van der Waals surface area contributed by atoms with Crippen LogP contribution in [0.3, 0.4) is 0 Å². The average Bonchev–Trinajstić information content (AvgIpc) is 3.01. The molecule has 4 rings (SSSR count). The van der Waals surface area contributed by atoms with Gasteiger partial charge in [0.25, 0.3) is 0 Å². The van der Waals surface area contributed by atoms with Gasteiger partial charge in [-0.25, -0.2) is 14.8 Å². The van der Waals surface area contributed by atoms with E-state index in [-0.39, 0.29) is 34.0 Å². The van der Waals surface area contributed by atoms with Crippen LogP contribution in [0.15, 0.2) is 18.3 Å². The number of amides is 2. The third kappa shape index (κ3) is 2.53. The Labute approximate surface area is 146 Å². The van der Waals surface area contributed by atoms with Gasteiger partial charge in [-0.3, -0.25) is 4.79 Å². The van der Waals surface area contributed by atoms with Crippen LogP contribution in [-0.2, 0) is 4.79 Å². The van der Waals surface area contributed by atoms with Crippen LogP contribution in [0.25, 0.3) is 10.8 Å². The normalized spacial score (nSPS) is 24.8. The third-order valence-electron chi connectivity index (χ3n) is 4.66. The molecule has 2 N–H and O–H groups in total. The van der Waals surface area contributed by atoms with Crippen LogP contribution in [0.4, 0.5) is 10.6 Å². The number of nitrogens with zero attached hydrogens (tertiary/aromatic N) is 3. The van der Waals surface area contributed by atoms with E-state index < -0.39 is 6.09 Å². The van der Waals surface area contributed by atoms with Crippen LogP contribution in [0.1, 0.15) is 0 Å². The van der Waals surface area contributed by atoms with Crippen LogP contribution >= 0.6 is 23.2 Å². The number of hydrogen-bond donors (Lipinski definition) is 2. The monoisotopic (exact) mass is 366 g/mol. The van der Waals surface area contributed by atoms with E-state index in [1.165, 1.54) is 11.1 Å². The minimum atomic E-state index is -0.931. The van der Waals surface area contributed by atoms with E-state index in [1.54, 1.807) is 12.1 Å². The fraction of sp³-hybridized carbons (Fsp3) is 0.333. The van der Waals surface area contributed by atoms with Crippen molar-refractivity contribution >= 4 is 51.8 Å². The van der Waals surface area contributed by atoms with Crippen molar-refractivity contribution in [2.75, 3.05) is 18.4 Å². The standard InChI is InChI=1S/C15H12Cl2N4O3/c16-10-1-6-2-11(18-3-7(6)13(17)19-10)20-14(22)12-8-4-21(15(23)24)5-9(8)12/h1-3,8-9,12H,4-5H2,(H,23,24)(H,18,20,22). The van der Waals surface area contributed by atoms with Crippen LogP contribution in [0.2, 0.25) is 10.3 Å². The number of carbonyl (C=O) groups excluding carboxylic acids is 1. The van der Waals surface area contributed by atoms with Crippen molar-refractivity contribution < 1.29 is 14.7 Å². The first-order valence-electron chi connectivity index (χ1n) is 7.34. The Balaban J connectivity index is 1.48. The molecule has 7 nitrogen and oxygen atoms in total. The fourth-order valence-corrected chi connectivity index (χ4v) is 3.92. The Morgan fingerprint density at radius 3 is 2.62 bits per heavy atom. The molecule has 0 aromatic carbocycles. The van der Waals surface area contributed by atoms with Crippen LogP contribution in [0.5, 0.6) is 0 Å². The van der Waals surface area contributed by atoms with Crippen molar-refractivity contribution in [3.63, 3.8) is 0 Å². The lowest BCUT2D eigenvalue weighted by atomic mass is 10.2. The number of anilines is 1.